The molecule has 74 valence electrons. The van der Waals surface area contributed by atoms with Crippen molar-refractivity contribution in [3.05, 3.63) is 24.4 Å². The van der Waals surface area contributed by atoms with Crippen LogP contribution < -0.4 is 4.90 Å². The van der Waals surface area contributed by atoms with Crippen LogP contribution in [0.2, 0.25) is 0 Å². The first-order valence-electron chi connectivity index (χ1n) is 4.84. The molecule has 0 fully saturated rings. The summed E-state index contributed by atoms with van der Waals surface area (Å²) in [5.41, 5.74) is 0.894. The van der Waals surface area contributed by atoms with Gasteiger partial charge in [0, 0.05) is 19.8 Å². The first-order valence-corrected chi connectivity index (χ1v) is 4.84. The Morgan fingerprint density at radius 3 is 3.00 bits per heavy atom. The molecule has 2 rings (SSSR count). The van der Waals surface area contributed by atoms with Crippen molar-refractivity contribution >= 4 is 11.6 Å². The lowest BCUT2D eigenvalue weighted by Crippen LogP contribution is -2.20. The van der Waals surface area contributed by atoms with E-state index in [9.17, 15) is 0 Å². The van der Waals surface area contributed by atoms with E-state index in [-0.39, 0.29) is 0 Å². The zero-order chi connectivity index (χ0) is 9.97. The highest BCUT2D eigenvalue weighted by Crippen LogP contribution is 2.11. The zero-order valence-electron chi connectivity index (χ0n) is 8.51. The van der Waals surface area contributed by atoms with Gasteiger partial charge in [0.1, 0.15) is 0 Å². The fourth-order valence-corrected chi connectivity index (χ4v) is 1.52. The molecule has 2 heterocycles. The molecule has 0 aliphatic heterocycles. The minimum atomic E-state index is 0.894. The van der Waals surface area contributed by atoms with Crippen molar-refractivity contribution in [2.75, 3.05) is 18.5 Å². The van der Waals surface area contributed by atoms with Crippen LogP contribution in [0, 0.1) is 0 Å². The molecule has 0 bridgehead atoms. The summed E-state index contributed by atoms with van der Waals surface area (Å²) in [5, 5.41) is 8.25. The first kappa shape index (κ1) is 8.99. The van der Waals surface area contributed by atoms with Crippen molar-refractivity contribution in [1.82, 2.24) is 14.6 Å². The van der Waals surface area contributed by atoms with E-state index in [1.165, 1.54) is 0 Å². The predicted octanol–water partition coefficient (Wildman–Crippen LogP) is 1.58. The quantitative estimate of drug-likeness (QED) is 0.736. The van der Waals surface area contributed by atoms with Crippen molar-refractivity contribution in [1.29, 1.82) is 0 Å². The van der Waals surface area contributed by atoms with Gasteiger partial charge in [0.05, 0.1) is 0 Å². The van der Waals surface area contributed by atoms with Gasteiger partial charge in [-0.05, 0) is 18.6 Å². The second kappa shape index (κ2) is 3.65. The molecule has 0 aliphatic rings. The van der Waals surface area contributed by atoms with Gasteiger partial charge in [-0.3, -0.25) is 4.40 Å². The van der Waals surface area contributed by atoms with Gasteiger partial charge in [-0.25, -0.2) is 0 Å². The van der Waals surface area contributed by atoms with Crippen LogP contribution in [0.1, 0.15) is 13.3 Å². The number of hydrogen-bond acceptors (Lipinski definition) is 3. The minimum Gasteiger partial charge on any atom is -0.344 e. The van der Waals surface area contributed by atoms with Crippen LogP contribution in [-0.2, 0) is 0 Å². The summed E-state index contributed by atoms with van der Waals surface area (Å²) < 4.78 is 2.00. The Labute approximate surface area is 83.2 Å². The van der Waals surface area contributed by atoms with E-state index in [1.54, 1.807) is 0 Å². The topological polar surface area (TPSA) is 33.4 Å². The van der Waals surface area contributed by atoms with Crippen LogP contribution in [0.15, 0.2) is 24.4 Å². The number of fused-ring (bicyclic) bond motifs is 1. The largest absolute Gasteiger partial charge is 0.344 e. The number of hydrogen-bond donors (Lipinski definition) is 0. The van der Waals surface area contributed by atoms with Crippen LogP contribution in [0.25, 0.3) is 5.65 Å². The molecular weight excluding hydrogens is 176 g/mol. The Morgan fingerprint density at radius 1 is 1.36 bits per heavy atom. The maximum absolute atomic E-state index is 4.15. The van der Waals surface area contributed by atoms with Crippen LogP contribution in [0.4, 0.5) is 5.95 Å². The molecule has 0 aromatic carbocycles. The van der Waals surface area contributed by atoms with E-state index in [4.69, 9.17) is 0 Å². The van der Waals surface area contributed by atoms with Crippen LogP contribution in [0.3, 0.4) is 0 Å². The third-order valence-electron chi connectivity index (χ3n) is 2.20. The monoisotopic (exact) mass is 190 g/mol. The van der Waals surface area contributed by atoms with Crippen molar-refractivity contribution in [3.8, 4) is 0 Å². The van der Waals surface area contributed by atoms with E-state index >= 15 is 0 Å². The zero-order valence-corrected chi connectivity index (χ0v) is 8.51. The smallest absolute Gasteiger partial charge is 0.231 e. The molecule has 14 heavy (non-hydrogen) atoms. The Bertz CT molecular complexity index is 421. The van der Waals surface area contributed by atoms with Gasteiger partial charge in [0.25, 0.3) is 0 Å². The van der Waals surface area contributed by atoms with Gasteiger partial charge in [-0.1, -0.05) is 13.0 Å². The number of anilines is 1. The lowest BCUT2D eigenvalue weighted by atomic mass is 10.4. The molecule has 0 N–H and O–H groups in total. The van der Waals surface area contributed by atoms with Gasteiger partial charge in [-0.2, -0.15) is 0 Å². The number of rotatable bonds is 3. The molecule has 0 atom stereocenters. The van der Waals surface area contributed by atoms with E-state index in [1.807, 2.05) is 35.8 Å². The highest BCUT2D eigenvalue weighted by atomic mass is 15.4. The van der Waals surface area contributed by atoms with E-state index < -0.39 is 0 Å². The molecule has 2 aromatic rings. The summed E-state index contributed by atoms with van der Waals surface area (Å²) in [6, 6.07) is 5.91. The lowest BCUT2D eigenvalue weighted by Gasteiger charge is -2.14. The third kappa shape index (κ3) is 1.43. The molecule has 2 aromatic heterocycles. The highest BCUT2D eigenvalue weighted by molar-refractivity contribution is 5.45. The Balaban J connectivity index is 2.42. The maximum atomic E-state index is 4.15. The molecule has 0 saturated heterocycles. The molecule has 4 nitrogen and oxygen atoms in total. The Morgan fingerprint density at radius 2 is 2.21 bits per heavy atom. The second-order valence-electron chi connectivity index (χ2n) is 3.35. The number of nitrogens with zero attached hydrogens (tertiary/aromatic N) is 4. The third-order valence-corrected chi connectivity index (χ3v) is 2.20. The van der Waals surface area contributed by atoms with Crippen molar-refractivity contribution in [2.45, 2.75) is 13.3 Å². The van der Waals surface area contributed by atoms with Gasteiger partial charge >= 0.3 is 0 Å². The highest BCUT2D eigenvalue weighted by Gasteiger charge is 2.07. The second-order valence-corrected chi connectivity index (χ2v) is 3.35. The SMILES string of the molecule is CCCN(C)c1nnc2ccccn12. The van der Waals surface area contributed by atoms with Gasteiger partial charge in [0.2, 0.25) is 5.95 Å². The van der Waals surface area contributed by atoms with Gasteiger partial charge < -0.3 is 4.90 Å². The van der Waals surface area contributed by atoms with E-state index in [2.05, 4.69) is 22.0 Å². The molecule has 0 amide bonds. The fraction of sp³-hybridized carbons (Fsp3) is 0.400. The summed E-state index contributed by atoms with van der Waals surface area (Å²) >= 11 is 0. The van der Waals surface area contributed by atoms with Crippen molar-refractivity contribution < 1.29 is 0 Å². The molecule has 4 heteroatoms. The van der Waals surface area contributed by atoms with Crippen molar-refractivity contribution in [3.63, 3.8) is 0 Å². The Hall–Kier alpha value is -1.58. The lowest BCUT2D eigenvalue weighted by molar-refractivity contribution is 0.812. The molecule has 0 aliphatic carbocycles. The summed E-state index contributed by atoms with van der Waals surface area (Å²) in [6.45, 7) is 3.15. The molecule has 0 radical (unpaired) electrons. The summed E-state index contributed by atoms with van der Waals surface area (Å²) in [5.74, 6) is 0.905. The summed E-state index contributed by atoms with van der Waals surface area (Å²) in [4.78, 5) is 2.11. The maximum Gasteiger partial charge on any atom is 0.231 e. The average Bonchev–Trinajstić information content (AvgIpc) is 2.61. The first-order chi connectivity index (χ1) is 6.83. The fourth-order valence-electron chi connectivity index (χ4n) is 1.52. The molecule has 0 saturated carbocycles. The average molecular weight is 190 g/mol. The predicted molar refractivity (Wildman–Crippen MR) is 56.5 cm³/mol. The summed E-state index contributed by atoms with van der Waals surface area (Å²) in [7, 11) is 2.03. The normalized spacial score (nSPS) is 10.7. The Kier molecular flexibility index (Phi) is 2.35. The minimum absolute atomic E-state index is 0.894. The summed E-state index contributed by atoms with van der Waals surface area (Å²) in [6.07, 6.45) is 3.09. The van der Waals surface area contributed by atoms with Crippen LogP contribution >= 0.6 is 0 Å². The molecule has 0 spiro atoms. The van der Waals surface area contributed by atoms with Crippen molar-refractivity contribution in [2.24, 2.45) is 0 Å². The number of pyridine rings is 1. The number of aromatic nitrogens is 3. The van der Waals surface area contributed by atoms with E-state index in [0.29, 0.717) is 0 Å². The van der Waals surface area contributed by atoms with Crippen LogP contribution in [-0.4, -0.2) is 28.2 Å². The molecular formula is C10H14N4. The van der Waals surface area contributed by atoms with Gasteiger partial charge in [0.15, 0.2) is 5.65 Å². The van der Waals surface area contributed by atoms with Gasteiger partial charge in [-0.15, -0.1) is 10.2 Å². The van der Waals surface area contributed by atoms with Crippen LogP contribution in [0.5, 0.6) is 0 Å². The van der Waals surface area contributed by atoms with E-state index in [0.717, 1.165) is 24.6 Å². The molecule has 0 unspecified atom stereocenters. The standard InChI is InChI=1S/C10H14N4/c1-3-7-13(2)10-12-11-9-6-4-5-8-14(9)10/h4-6,8H,3,7H2,1-2H3.